The SMILES string of the molecule is COc1cccc(CC(=O)N2CCC(=O)c3ccccc32)c1. The number of amides is 1. The van der Waals surface area contributed by atoms with Gasteiger partial charge >= 0.3 is 0 Å². The standard InChI is InChI=1S/C18H17NO3/c1-22-14-6-4-5-13(11-14)12-18(21)19-10-9-17(20)15-7-2-3-8-16(15)19/h2-8,11H,9-10,12H2,1H3. The van der Waals surface area contributed by atoms with E-state index < -0.39 is 0 Å². The number of benzene rings is 2. The van der Waals surface area contributed by atoms with Crippen molar-refractivity contribution in [2.75, 3.05) is 18.6 Å². The fourth-order valence-electron chi connectivity index (χ4n) is 2.72. The Bertz CT molecular complexity index is 724. The number of fused-ring (bicyclic) bond motifs is 1. The molecule has 2 aromatic carbocycles. The van der Waals surface area contributed by atoms with Gasteiger partial charge in [0.1, 0.15) is 5.75 Å². The summed E-state index contributed by atoms with van der Waals surface area (Å²) in [5.74, 6) is 0.828. The van der Waals surface area contributed by atoms with Crippen LogP contribution in [0.5, 0.6) is 5.75 Å². The second-order valence-corrected chi connectivity index (χ2v) is 5.26. The molecule has 4 heteroatoms. The van der Waals surface area contributed by atoms with Crippen LogP contribution in [0.25, 0.3) is 0 Å². The molecule has 0 saturated carbocycles. The first-order chi connectivity index (χ1) is 10.7. The molecule has 22 heavy (non-hydrogen) atoms. The highest BCUT2D eigenvalue weighted by Crippen LogP contribution is 2.27. The lowest BCUT2D eigenvalue weighted by molar-refractivity contribution is -0.118. The van der Waals surface area contributed by atoms with Crippen molar-refractivity contribution in [1.82, 2.24) is 0 Å². The summed E-state index contributed by atoms with van der Waals surface area (Å²) in [5.41, 5.74) is 2.25. The zero-order chi connectivity index (χ0) is 15.5. The normalized spacial score (nSPS) is 13.7. The Morgan fingerprint density at radius 1 is 1.18 bits per heavy atom. The average molecular weight is 295 g/mol. The molecular formula is C18H17NO3. The van der Waals surface area contributed by atoms with E-state index in [-0.39, 0.29) is 11.7 Å². The van der Waals surface area contributed by atoms with Gasteiger partial charge in [-0.3, -0.25) is 9.59 Å². The zero-order valence-electron chi connectivity index (χ0n) is 12.4. The van der Waals surface area contributed by atoms with Crippen molar-refractivity contribution in [3.63, 3.8) is 0 Å². The molecular weight excluding hydrogens is 278 g/mol. The van der Waals surface area contributed by atoms with Crippen molar-refractivity contribution >= 4 is 17.4 Å². The van der Waals surface area contributed by atoms with Gasteiger partial charge in [-0.25, -0.2) is 0 Å². The lowest BCUT2D eigenvalue weighted by Crippen LogP contribution is -2.38. The average Bonchev–Trinajstić information content (AvgIpc) is 2.55. The van der Waals surface area contributed by atoms with Crippen molar-refractivity contribution in [2.45, 2.75) is 12.8 Å². The zero-order valence-corrected chi connectivity index (χ0v) is 12.4. The predicted molar refractivity (Wildman–Crippen MR) is 84.4 cm³/mol. The Morgan fingerprint density at radius 3 is 2.82 bits per heavy atom. The van der Waals surface area contributed by atoms with Crippen molar-refractivity contribution in [3.8, 4) is 5.75 Å². The summed E-state index contributed by atoms with van der Waals surface area (Å²) < 4.78 is 5.18. The molecule has 1 aliphatic rings. The Hall–Kier alpha value is -2.62. The number of hydrogen-bond donors (Lipinski definition) is 0. The number of anilines is 1. The van der Waals surface area contributed by atoms with E-state index in [9.17, 15) is 9.59 Å². The van der Waals surface area contributed by atoms with Gasteiger partial charge in [-0.2, -0.15) is 0 Å². The molecule has 4 nitrogen and oxygen atoms in total. The van der Waals surface area contributed by atoms with Gasteiger partial charge in [0.05, 0.1) is 19.2 Å². The van der Waals surface area contributed by atoms with E-state index in [0.717, 1.165) is 11.3 Å². The molecule has 0 spiro atoms. The molecule has 2 aromatic rings. The van der Waals surface area contributed by atoms with Crippen LogP contribution < -0.4 is 9.64 Å². The van der Waals surface area contributed by atoms with Crippen LogP contribution in [0.1, 0.15) is 22.3 Å². The van der Waals surface area contributed by atoms with E-state index in [1.54, 1.807) is 18.1 Å². The maximum Gasteiger partial charge on any atom is 0.231 e. The Labute approximate surface area is 129 Å². The molecule has 0 aromatic heterocycles. The van der Waals surface area contributed by atoms with E-state index >= 15 is 0 Å². The van der Waals surface area contributed by atoms with E-state index in [2.05, 4.69) is 0 Å². The van der Waals surface area contributed by atoms with Crippen molar-refractivity contribution in [1.29, 1.82) is 0 Å². The molecule has 3 rings (SSSR count). The molecule has 1 heterocycles. The fraction of sp³-hybridized carbons (Fsp3) is 0.222. The van der Waals surface area contributed by atoms with Crippen molar-refractivity contribution in [2.24, 2.45) is 0 Å². The quantitative estimate of drug-likeness (QED) is 0.874. The minimum Gasteiger partial charge on any atom is -0.497 e. The third-order valence-electron chi connectivity index (χ3n) is 3.85. The number of ether oxygens (including phenoxy) is 1. The number of nitrogens with zero attached hydrogens (tertiary/aromatic N) is 1. The second-order valence-electron chi connectivity index (χ2n) is 5.26. The number of methoxy groups -OCH3 is 1. The third kappa shape index (κ3) is 2.72. The predicted octanol–water partition coefficient (Wildman–Crippen LogP) is 2.86. The van der Waals surface area contributed by atoms with Crippen molar-refractivity contribution < 1.29 is 14.3 Å². The molecule has 0 unspecified atom stereocenters. The van der Waals surface area contributed by atoms with Crippen LogP contribution in [-0.4, -0.2) is 25.3 Å². The number of ketones is 1. The molecule has 0 radical (unpaired) electrons. The van der Waals surface area contributed by atoms with Gasteiger partial charge in [0.2, 0.25) is 5.91 Å². The molecule has 0 bridgehead atoms. The maximum atomic E-state index is 12.6. The highest BCUT2D eigenvalue weighted by molar-refractivity contribution is 6.09. The molecule has 1 amide bonds. The minimum absolute atomic E-state index is 0.00629. The first-order valence-electron chi connectivity index (χ1n) is 7.24. The topological polar surface area (TPSA) is 46.6 Å². The monoisotopic (exact) mass is 295 g/mol. The summed E-state index contributed by atoms with van der Waals surface area (Å²) in [6.07, 6.45) is 0.667. The fourth-order valence-corrected chi connectivity index (χ4v) is 2.72. The molecule has 112 valence electrons. The number of carbonyl (C=O) groups excluding carboxylic acids is 2. The summed E-state index contributed by atoms with van der Waals surface area (Å²) in [4.78, 5) is 26.3. The molecule has 1 aliphatic heterocycles. The van der Waals surface area contributed by atoms with Gasteiger partial charge in [-0.15, -0.1) is 0 Å². The van der Waals surface area contributed by atoms with Crippen LogP contribution in [0.15, 0.2) is 48.5 Å². The van der Waals surface area contributed by atoms with E-state index in [0.29, 0.717) is 30.6 Å². The van der Waals surface area contributed by atoms with Gasteiger partial charge in [0.15, 0.2) is 5.78 Å². The first kappa shape index (κ1) is 14.3. The van der Waals surface area contributed by atoms with E-state index in [1.165, 1.54) is 0 Å². The van der Waals surface area contributed by atoms with Crippen LogP contribution in [0.4, 0.5) is 5.69 Å². The van der Waals surface area contributed by atoms with Crippen LogP contribution in [0, 0.1) is 0 Å². The van der Waals surface area contributed by atoms with Crippen LogP contribution in [0.2, 0.25) is 0 Å². The summed E-state index contributed by atoms with van der Waals surface area (Å²) >= 11 is 0. The van der Waals surface area contributed by atoms with Crippen LogP contribution in [0.3, 0.4) is 0 Å². The van der Waals surface area contributed by atoms with Crippen LogP contribution in [-0.2, 0) is 11.2 Å². The lowest BCUT2D eigenvalue weighted by Gasteiger charge is -2.28. The number of hydrogen-bond acceptors (Lipinski definition) is 3. The molecule has 0 aliphatic carbocycles. The number of carbonyl (C=O) groups is 2. The smallest absolute Gasteiger partial charge is 0.231 e. The lowest BCUT2D eigenvalue weighted by atomic mass is 9.99. The highest BCUT2D eigenvalue weighted by Gasteiger charge is 2.26. The van der Waals surface area contributed by atoms with E-state index in [1.807, 2.05) is 42.5 Å². The van der Waals surface area contributed by atoms with Crippen LogP contribution >= 0.6 is 0 Å². The number of rotatable bonds is 3. The summed E-state index contributed by atoms with van der Waals surface area (Å²) in [7, 11) is 1.60. The molecule has 0 saturated heterocycles. The first-order valence-corrected chi connectivity index (χ1v) is 7.24. The van der Waals surface area contributed by atoms with Gasteiger partial charge in [-0.1, -0.05) is 24.3 Å². The number of Topliss-reactive ketones (excluding diaryl/α,β-unsaturated/α-hetero) is 1. The van der Waals surface area contributed by atoms with E-state index in [4.69, 9.17) is 4.74 Å². The summed E-state index contributed by atoms with van der Waals surface area (Å²) in [6.45, 7) is 0.443. The second kappa shape index (κ2) is 6.02. The van der Waals surface area contributed by atoms with Gasteiger partial charge < -0.3 is 9.64 Å². The maximum absolute atomic E-state index is 12.6. The molecule has 0 N–H and O–H groups in total. The highest BCUT2D eigenvalue weighted by atomic mass is 16.5. The summed E-state index contributed by atoms with van der Waals surface area (Å²) in [5, 5.41) is 0. The Morgan fingerprint density at radius 2 is 2.00 bits per heavy atom. The minimum atomic E-state index is -0.00629. The Kier molecular flexibility index (Phi) is 3.92. The van der Waals surface area contributed by atoms with Gasteiger partial charge in [0.25, 0.3) is 0 Å². The molecule has 0 atom stereocenters. The van der Waals surface area contributed by atoms with Gasteiger partial charge in [0, 0.05) is 18.5 Å². The molecule has 0 fully saturated rings. The number of para-hydroxylation sites is 1. The van der Waals surface area contributed by atoms with Gasteiger partial charge in [-0.05, 0) is 29.8 Å². The summed E-state index contributed by atoms with van der Waals surface area (Å²) in [6, 6.07) is 14.8. The largest absolute Gasteiger partial charge is 0.497 e. The third-order valence-corrected chi connectivity index (χ3v) is 3.85. The van der Waals surface area contributed by atoms with Crippen molar-refractivity contribution in [3.05, 3.63) is 59.7 Å². The Balaban J connectivity index is 1.84.